The molecule has 0 bridgehead atoms. The monoisotopic (exact) mass is 1340 g/mol. The summed E-state index contributed by atoms with van der Waals surface area (Å²) in [6.07, 6.45) is 8.07. The van der Waals surface area contributed by atoms with Crippen molar-refractivity contribution < 1.29 is 43.1 Å². The van der Waals surface area contributed by atoms with Crippen molar-refractivity contribution in [2.24, 2.45) is 21.1 Å². The minimum absolute atomic E-state index is 0. The van der Waals surface area contributed by atoms with Gasteiger partial charge in [0.25, 0.3) is 16.7 Å². The van der Waals surface area contributed by atoms with E-state index in [9.17, 15) is 37.2 Å². The number of benzene rings is 3. The summed E-state index contributed by atoms with van der Waals surface area (Å²) in [5.74, 6) is 0. The summed E-state index contributed by atoms with van der Waals surface area (Å²) < 4.78 is 37.7. The topological polar surface area (TPSA) is 240 Å². The molecule has 6 aromatic heterocycles. The van der Waals surface area contributed by atoms with Crippen LogP contribution in [0.4, 0.5) is 0 Å². The van der Waals surface area contributed by atoms with Crippen LogP contribution >= 0.6 is 62.5 Å². The number of rotatable bonds is 17. The molecule has 84 heavy (non-hydrogen) atoms. The summed E-state index contributed by atoms with van der Waals surface area (Å²) >= 11 is 26.7. The zero-order valence-corrected chi connectivity index (χ0v) is 55.0. The Morgan fingerprint density at radius 3 is 1.21 bits per heavy atom. The Labute approximate surface area is 541 Å². The number of nitrogens with zero attached hydrogens (tertiary/aromatic N) is 12. The summed E-state index contributed by atoms with van der Waals surface area (Å²) in [5.41, 5.74) is 1.87. The minimum Gasteiger partial charge on any atom is -0.796 e. The molecule has 21 nitrogen and oxygen atoms in total. The first-order chi connectivity index (χ1) is 38.6. The van der Waals surface area contributed by atoms with Crippen molar-refractivity contribution in [2.75, 3.05) is 25.4 Å². The number of hydrogen-bond donors (Lipinski definition) is 1. The molecular formula is C55H69BrCl3N12NaO9S3. The van der Waals surface area contributed by atoms with Gasteiger partial charge < -0.3 is 31.4 Å². The van der Waals surface area contributed by atoms with Gasteiger partial charge >= 0.3 is 46.6 Å². The van der Waals surface area contributed by atoms with Crippen molar-refractivity contribution in [1.29, 1.82) is 0 Å². The van der Waals surface area contributed by atoms with Crippen LogP contribution in [0.25, 0.3) is 33.5 Å². The van der Waals surface area contributed by atoms with Crippen LogP contribution in [0.3, 0.4) is 0 Å². The minimum atomic E-state index is -3.78. The number of halogens is 4. The number of aromatic nitrogens is 12. The molecule has 0 spiro atoms. The van der Waals surface area contributed by atoms with Crippen molar-refractivity contribution in [3.63, 3.8) is 0 Å². The summed E-state index contributed by atoms with van der Waals surface area (Å²) in [5, 5.41) is 11.3. The number of unbranched alkanes of at least 4 members (excludes halogenated alkanes) is 2. The largest absolute Gasteiger partial charge is 1.00 e. The van der Waals surface area contributed by atoms with E-state index in [-0.39, 0.29) is 109 Å². The van der Waals surface area contributed by atoms with Gasteiger partial charge in [-0.3, -0.25) is 41.8 Å². The zero-order chi connectivity index (χ0) is 59.6. The van der Waals surface area contributed by atoms with Gasteiger partial charge in [0, 0.05) is 68.7 Å². The Morgan fingerprint density at radius 1 is 0.536 bits per heavy atom. The van der Waals surface area contributed by atoms with Gasteiger partial charge in [-0.25, -0.2) is 32.8 Å². The standard InChI is InChI=1S/C18H21ClN4O2S.C17H18BrClN4O2.C17H19ClN4O5S.CH4S.2CH4.Na/c1-4-5-10-22-16(24)14-15(21(2)18(22)25)20-17(26-3)23(14)11-12-6-8-13(19)9-7-12;1-3-4-9-22-15(24)13-14(21(2)17(22)25)20-16(18)23(13)10-11-5-7-12(19)8-6-11;1-20-14-13(15(24)21(17(20)25)8-3-9-23)22(16(19-14)28(2,26)27)10-11-4-6-12(18)7-5-11;1-2;;;/h6-9H,4-5,10-11H2,1-3H3;5-8H,3-4,9-10H2,1-2H3;4-7,23H,3,8-10H2,1-2H3;2H,1H3;2*1H4;/q;;;;;;+1/p-1. The van der Waals surface area contributed by atoms with Crippen LogP contribution in [0.2, 0.25) is 15.1 Å². The molecule has 0 unspecified atom stereocenters. The van der Waals surface area contributed by atoms with Gasteiger partial charge in [-0.05, 0) is 94.5 Å². The Kier molecular flexibility index (Phi) is 28.6. The fourth-order valence-electron chi connectivity index (χ4n) is 8.69. The SMILES string of the molecule is C.C.CCCCn1c(=O)c2c(nc(Br)n2Cc2ccc(Cl)cc2)n(C)c1=O.CCCCn1c(=O)c2c(nc(SC)n2Cc2ccc(Cl)cc2)n(C)c1=O.C[S-].Cn1c(=O)n(CCCO)c(=O)c2c1nc(S(C)(=O)=O)n2Cc1ccc(Cl)cc1.[Na+]. The summed E-state index contributed by atoms with van der Waals surface area (Å²) in [7, 11) is 0.945. The van der Waals surface area contributed by atoms with Crippen LogP contribution in [-0.2, 0) is 82.9 Å². The van der Waals surface area contributed by atoms with Gasteiger partial charge in [-0.1, -0.05) is 125 Å². The van der Waals surface area contributed by atoms with Crippen molar-refractivity contribution in [1.82, 2.24) is 56.1 Å². The number of fused-ring (bicyclic) bond motifs is 3. The van der Waals surface area contributed by atoms with Crippen LogP contribution in [0.5, 0.6) is 0 Å². The third-order valence-electron chi connectivity index (χ3n) is 12.9. The molecule has 0 saturated carbocycles. The van der Waals surface area contributed by atoms with Crippen LogP contribution in [0.15, 0.2) is 117 Å². The normalized spacial score (nSPS) is 11.0. The van der Waals surface area contributed by atoms with Gasteiger partial charge in [0.2, 0.25) is 15.0 Å². The average molecular weight is 1350 g/mol. The number of aliphatic hydroxyl groups excluding tert-OH is 1. The number of aliphatic hydroxyl groups is 1. The second-order valence-corrected chi connectivity index (χ2v) is 23.2. The first-order valence-corrected chi connectivity index (χ1v) is 31.2. The van der Waals surface area contributed by atoms with Gasteiger partial charge in [0.15, 0.2) is 43.4 Å². The van der Waals surface area contributed by atoms with Crippen LogP contribution in [0.1, 0.15) is 77.5 Å². The Balaban J connectivity index is 0.000000320. The molecule has 0 fully saturated rings. The molecule has 0 saturated heterocycles. The second-order valence-electron chi connectivity index (χ2n) is 18.5. The molecule has 1 N–H and O–H groups in total. The maximum atomic E-state index is 13.1. The van der Waals surface area contributed by atoms with Gasteiger partial charge in [0.05, 0.1) is 19.6 Å². The van der Waals surface area contributed by atoms with Crippen LogP contribution in [0, 0.1) is 0 Å². The van der Waals surface area contributed by atoms with Crippen molar-refractivity contribution in [2.45, 2.75) is 110 Å². The molecule has 9 aromatic rings. The number of imidazole rings is 3. The third kappa shape index (κ3) is 16.4. The summed E-state index contributed by atoms with van der Waals surface area (Å²) in [4.78, 5) is 89.5. The van der Waals surface area contributed by atoms with Gasteiger partial charge in [-0.2, -0.15) is 11.2 Å². The Hall–Kier alpha value is -4.93. The second kappa shape index (κ2) is 32.7. The fourth-order valence-corrected chi connectivity index (χ4v) is 10.9. The zero-order valence-electron chi connectivity index (χ0n) is 46.7. The van der Waals surface area contributed by atoms with Crippen molar-refractivity contribution in [3.8, 4) is 0 Å². The van der Waals surface area contributed by atoms with E-state index in [1.165, 1.54) is 41.6 Å². The van der Waals surface area contributed by atoms with E-state index in [2.05, 4.69) is 43.5 Å². The summed E-state index contributed by atoms with van der Waals surface area (Å²) in [6, 6.07) is 21.7. The van der Waals surface area contributed by atoms with Crippen LogP contribution in [-0.4, -0.2) is 95.0 Å². The van der Waals surface area contributed by atoms with Crippen molar-refractivity contribution >= 4 is 118 Å². The molecule has 29 heteroatoms. The third-order valence-corrected chi connectivity index (χ3v) is 15.9. The molecule has 3 aromatic carbocycles. The first-order valence-electron chi connectivity index (χ1n) is 25.3. The molecule has 0 radical (unpaired) electrons. The molecule has 0 aliphatic rings. The van der Waals surface area contributed by atoms with E-state index < -0.39 is 21.1 Å². The van der Waals surface area contributed by atoms with Crippen molar-refractivity contribution in [3.05, 3.63) is 172 Å². The fraction of sp³-hybridized carbons (Fsp3) is 0.400. The molecule has 450 valence electrons. The predicted molar refractivity (Wildman–Crippen MR) is 340 cm³/mol. The van der Waals surface area contributed by atoms with Gasteiger partial charge in [0.1, 0.15) is 0 Å². The van der Waals surface area contributed by atoms with E-state index >= 15 is 0 Å². The molecule has 9 rings (SSSR count). The summed E-state index contributed by atoms with van der Waals surface area (Å²) in [6.45, 7) is 5.70. The maximum absolute atomic E-state index is 13.1. The average Bonchev–Trinajstić information content (AvgIpc) is 1.73. The molecule has 0 aliphatic carbocycles. The molecule has 0 amide bonds. The predicted octanol–water partition coefficient (Wildman–Crippen LogP) is 5.11. The molecular weight excluding hydrogens is 1280 g/mol. The molecule has 0 atom stereocenters. The van der Waals surface area contributed by atoms with E-state index in [0.717, 1.165) is 52.2 Å². The smallest absolute Gasteiger partial charge is 0.796 e. The van der Waals surface area contributed by atoms with Crippen LogP contribution < -0.4 is 63.3 Å². The first kappa shape index (κ1) is 73.3. The number of thioether (sulfide) groups is 1. The van der Waals surface area contributed by atoms with E-state index in [4.69, 9.17) is 39.9 Å². The van der Waals surface area contributed by atoms with E-state index in [1.807, 2.05) is 61.1 Å². The molecule has 6 heterocycles. The number of hydrogen-bond acceptors (Lipinski definition) is 14. The Bertz CT molecular complexity index is 4210. The maximum Gasteiger partial charge on any atom is 1.00 e. The Morgan fingerprint density at radius 2 is 0.857 bits per heavy atom. The number of sulfone groups is 1. The van der Waals surface area contributed by atoms with Gasteiger partial charge in [-0.15, -0.1) is 0 Å². The number of aryl methyl sites for hydroxylation is 3. The molecule has 0 aliphatic heterocycles. The van der Waals surface area contributed by atoms with E-state index in [1.54, 1.807) is 61.3 Å². The van der Waals surface area contributed by atoms with E-state index in [0.29, 0.717) is 79.0 Å². The quantitative estimate of drug-likeness (QED) is 0.0540.